The van der Waals surface area contributed by atoms with Gasteiger partial charge in [-0.05, 0) is 86.2 Å². The summed E-state index contributed by atoms with van der Waals surface area (Å²) in [5, 5.41) is 7.09. The Bertz CT molecular complexity index is 1530. The van der Waals surface area contributed by atoms with Crippen molar-refractivity contribution in [3.05, 3.63) is 102 Å². The number of methoxy groups -OCH3 is 1. The zero-order valence-electron chi connectivity index (χ0n) is 24.1. The van der Waals surface area contributed by atoms with Crippen molar-refractivity contribution in [2.45, 2.75) is 32.4 Å². The Hall–Kier alpha value is -4.37. The number of para-hydroxylation sites is 2. The maximum absolute atomic E-state index is 13.0. The normalized spacial score (nSPS) is 16.4. The van der Waals surface area contributed by atoms with Crippen LogP contribution in [0.25, 0.3) is 5.69 Å². The summed E-state index contributed by atoms with van der Waals surface area (Å²) in [4.78, 5) is 21.9. The quantitative estimate of drug-likeness (QED) is 0.256. The van der Waals surface area contributed by atoms with Crippen molar-refractivity contribution in [1.82, 2.24) is 19.8 Å². The Balaban J connectivity index is 1.46. The number of thiocarbonyl (C=S) groups is 1. The largest absolute Gasteiger partial charge is 0.495 e. The molecule has 212 valence electrons. The fourth-order valence-electron chi connectivity index (χ4n) is 5.55. The van der Waals surface area contributed by atoms with E-state index in [0.29, 0.717) is 23.1 Å². The number of amides is 1. The van der Waals surface area contributed by atoms with Gasteiger partial charge in [0.1, 0.15) is 5.75 Å². The summed E-state index contributed by atoms with van der Waals surface area (Å²) in [5.74, 6) is 0.516. The summed E-state index contributed by atoms with van der Waals surface area (Å²) >= 11 is 5.85. The fraction of sp³-hybridized carbons (Fsp3) is 0.281. The smallest absolute Gasteiger partial charge is 0.226 e. The van der Waals surface area contributed by atoms with E-state index in [1.54, 1.807) is 13.3 Å². The van der Waals surface area contributed by atoms with Gasteiger partial charge in [0, 0.05) is 56.0 Å². The highest BCUT2D eigenvalue weighted by atomic mass is 32.1. The van der Waals surface area contributed by atoms with E-state index in [1.165, 1.54) is 0 Å². The lowest BCUT2D eigenvalue weighted by Gasteiger charge is -2.28. The molecular weight excluding hydrogens is 532 g/mol. The van der Waals surface area contributed by atoms with Gasteiger partial charge in [-0.3, -0.25) is 9.78 Å². The van der Waals surface area contributed by atoms with E-state index < -0.39 is 0 Å². The van der Waals surface area contributed by atoms with Crippen molar-refractivity contribution in [2.75, 3.05) is 38.0 Å². The lowest BCUT2D eigenvalue weighted by Crippen LogP contribution is -2.33. The van der Waals surface area contributed by atoms with Crippen molar-refractivity contribution < 1.29 is 9.53 Å². The van der Waals surface area contributed by atoms with Crippen LogP contribution in [0.15, 0.2) is 79.0 Å². The second kappa shape index (κ2) is 12.0. The van der Waals surface area contributed by atoms with E-state index >= 15 is 0 Å². The van der Waals surface area contributed by atoms with Crippen molar-refractivity contribution in [2.24, 2.45) is 0 Å². The zero-order chi connectivity index (χ0) is 29.1. The SMILES string of the molecule is COc1ccccc1NC(=O)CCN1C(=S)N[C@H](c2ccccn2)[C@H]1c1cc(C)n(-c2ccc(N(C)C)cc2)c1C. The van der Waals surface area contributed by atoms with E-state index in [-0.39, 0.29) is 24.4 Å². The molecule has 0 bridgehead atoms. The summed E-state index contributed by atoms with van der Waals surface area (Å²) in [7, 11) is 5.67. The Morgan fingerprint density at radius 3 is 2.49 bits per heavy atom. The predicted octanol–water partition coefficient (Wildman–Crippen LogP) is 5.57. The third-order valence-electron chi connectivity index (χ3n) is 7.57. The van der Waals surface area contributed by atoms with Gasteiger partial charge >= 0.3 is 0 Å². The molecule has 2 N–H and O–H groups in total. The summed E-state index contributed by atoms with van der Waals surface area (Å²) in [6.07, 6.45) is 2.06. The molecule has 1 aliphatic rings. The Morgan fingerprint density at radius 1 is 1.07 bits per heavy atom. The number of rotatable bonds is 9. The van der Waals surface area contributed by atoms with E-state index in [0.717, 1.165) is 34.0 Å². The van der Waals surface area contributed by atoms with Crippen LogP contribution in [-0.2, 0) is 4.79 Å². The number of hydrogen-bond acceptors (Lipinski definition) is 5. The molecular formula is C32H36N6O2S. The number of nitrogens with zero attached hydrogens (tertiary/aromatic N) is 4. The van der Waals surface area contributed by atoms with Crippen LogP contribution in [0.2, 0.25) is 0 Å². The molecule has 2 aromatic carbocycles. The molecule has 1 aliphatic heterocycles. The molecule has 1 amide bonds. The molecule has 0 radical (unpaired) electrons. The number of carbonyl (C=O) groups excluding carboxylic acids is 1. The first-order valence-electron chi connectivity index (χ1n) is 13.7. The highest BCUT2D eigenvalue weighted by Crippen LogP contribution is 2.41. The maximum Gasteiger partial charge on any atom is 0.226 e. The van der Waals surface area contributed by atoms with Gasteiger partial charge in [0.25, 0.3) is 0 Å². The number of carbonyl (C=O) groups is 1. The molecule has 2 aromatic heterocycles. The Kier molecular flexibility index (Phi) is 8.26. The summed E-state index contributed by atoms with van der Waals surface area (Å²) in [5.41, 5.74) is 7.20. The van der Waals surface area contributed by atoms with Crippen LogP contribution in [0.3, 0.4) is 0 Å². The second-order valence-corrected chi connectivity index (χ2v) is 10.8. The van der Waals surface area contributed by atoms with Gasteiger partial charge in [-0.25, -0.2) is 0 Å². The molecule has 8 nitrogen and oxygen atoms in total. The van der Waals surface area contributed by atoms with E-state index in [9.17, 15) is 4.79 Å². The minimum absolute atomic E-state index is 0.108. The van der Waals surface area contributed by atoms with E-state index in [2.05, 4.69) is 74.2 Å². The third kappa shape index (κ3) is 5.76. The number of hydrogen-bond donors (Lipinski definition) is 2. The van der Waals surface area contributed by atoms with Crippen LogP contribution >= 0.6 is 12.2 Å². The van der Waals surface area contributed by atoms with Gasteiger partial charge < -0.3 is 29.7 Å². The Morgan fingerprint density at radius 2 is 1.80 bits per heavy atom. The molecule has 4 aromatic rings. The van der Waals surface area contributed by atoms with Gasteiger partial charge in [-0.2, -0.15) is 0 Å². The average molecular weight is 569 g/mol. The molecule has 1 fully saturated rings. The zero-order valence-corrected chi connectivity index (χ0v) is 24.9. The fourth-order valence-corrected chi connectivity index (χ4v) is 5.88. The monoisotopic (exact) mass is 568 g/mol. The molecule has 0 spiro atoms. The molecule has 2 atom stereocenters. The number of ether oxygens (including phenoxy) is 1. The summed E-state index contributed by atoms with van der Waals surface area (Å²) in [6.45, 7) is 4.71. The molecule has 0 unspecified atom stereocenters. The first kappa shape index (κ1) is 28.2. The minimum Gasteiger partial charge on any atom is -0.495 e. The van der Waals surface area contributed by atoms with Gasteiger partial charge in [-0.1, -0.05) is 18.2 Å². The maximum atomic E-state index is 13.0. The van der Waals surface area contributed by atoms with Crippen LogP contribution in [-0.4, -0.2) is 53.2 Å². The van der Waals surface area contributed by atoms with Gasteiger partial charge in [-0.15, -0.1) is 0 Å². The van der Waals surface area contributed by atoms with Crippen LogP contribution in [0.5, 0.6) is 5.75 Å². The minimum atomic E-state index is -0.161. The molecule has 5 rings (SSSR count). The third-order valence-corrected chi connectivity index (χ3v) is 7.92. The lowest BCUT2D eigenvalue weighted by atomic mass is 9.96. The second-order valence-electron chi connectivity index (χ2n) is 10.4. The number of nitrogens with one attached hydrogen (secondary N) is 2. The van der Waals surface area contributed by atoms with Gasteiger partial charge in [0.05, 0.1) is 30.6 Å². The Labute approximate surface area is 247 Å². The summed E-state index contributed by atoms with van der Waals surface area (Å²) < 4.78 is 7.67. The van der Waals surface area contributed by atoms with Crippen LogP contribution in [0, 0.1) is 13.8 Å². The van der Waals surface area contributed by atoms with Crippen molar-refractivity contribution in [3.63, 3.8) is 0 Å². The number of aryl methyl sites for hydroxylation is 1. The summed E-state index contributed by atoms with van der Waals surface area (Å²) in [6, 6.07) is 23.8. The molecule has 1 saturated heterocycles. The number of aromatic nitrogens is 2. The van der Waals surface area contributed by atoms with Crippen LogP contribution in [0.1, 0.15) is 41.1 Å². The lowest BCUT2D eigenvalue weighted by molar-refractivity contribution is -0.116. The molecule has 0 aliphatic carbocycles. The first-order valence-corrected chi connectivity index (χ1v) is 14.1. The molecule has 3 heterocycles. The van der Waals surface area contributed by atoms with E-state index in [1.807, 2.05) is 56.6 Å². The molecule has 0 saturated carbocycles. The van der Waals surface area contributed by atoms with Crippen LogP contribution < -0.4 is 20.3 Å². The highest BCUT2D eigenvalue weighted by molar-refractivity contribution is 7.80. The van der Waals surface area contributed by atoms with Gasteiger partial charge in [0.15, 0.2) is 5.11 Å². The average Bonchev–Trinajstić information content (AvgIpc) is 3.46. The van der Waals surface area contributed by atoms with E-state index in [4.69, 9.17) is 17.0 Å². The number of benzene rings is 2. The first-order chi connectivity index (χ1) is 19.8. The standard InChI is InChI=1S/C32H36N6O2S/c1-21-20-25(22(2)38(21)24-15-13-23(14-16-24)36(3)4)31-30(27-11-8-9-18-33-27)35-32(41)37(31)19-17-29(39)34-26-10-6-7-12-28(26)40-5/h6-16,18,20,30-31H,17,19H2,1-5H3,(H,34,39)(H,35,41)/t30-,31-/m1/s1. The van der Waals surface area contributed by atoms with Crippen molar-refractivity contribution in [1.29, 1.82) is 0 Å². The highest BCUT2D eigenvalue weighted by Gasteiger charge is 2.41. The topological polar surface area (TPSA) is 74.7 Å². The van der Waals surface area contributed by atoms with Crippen molar-refractivity contribution in [3.8, 4) is 11.4 Å². The van der Waals surface area contributed by atoms with Crippen LogP contribution in [0.4, 0.5) is 11.4 Å². The predicted molar refractivity (Wildman–Crippen MR) is 168 cm³/mol. The van der Waals surface area contributed by atoms with Crippen molar-refractivity contribution >= 4 is 34.6 Å². The number of pyridine rings is 1. The molecule has 9 heteroatoms. The van der Waals surface area contributed by atoms with Gasteiger partial charge in [0.2, 0.25) is 5.91 Å². The number of anilines is 2. The molecule has 41 heavy (non-hydrogen) atoms.